The quantitative estimate of drug-likeness (QED) is 0.407. The predicted octanol–water partition coefficient (Wildman–Crippen LogP) is 4.85. The van der Waals surface area contributed by atoms with Crippen molar-refractivity contribution in [3.05, 3.63) is 77.1 Å². The highest BCUT2D eigenvalue weighted by atomic mass is 15.2. The summed E-state index contributed by atoms with van der Waals surface area (Å²) in [5, 5.41) is 27.4. The summed E-state index contributed by atoms with van der Waals surface area (Å²) in [4.78, 5) is 0. The molecule has 7 nitrogen and oxygen atoms in total. The van der Waals surface area contributed by atoms with E-state index in [0.29, 0.717) is 11.3 Å². The van der Waals surface area contributed by atoms with E-state index in [1.807, 2.05) is 47.5 Å². The zero-order valence-corrected chi connectivity index (χ0v) is 20.4. The lowest BCUT2D eigenvalue weighted by atomic mass is 9.91. The van der Waals surface area contributed by atoms with Gasteiger partial charge in [0.15, 0.2) is 6.20 Å². The summed E-state index contributed by atoms with van der Waals surface area (Å²) in [6.45, 7) is 10.7. The van der Waals surface area contributed by atoms with Crippen molar-refractivity contribution in [2.24, 2.45) is 7.05 Å². The molecule has 0 unspecified atom stereocenters. The first kappa shape index (κ1) is 22.9. The van der Waals surface area contributed by atoms with Crippen LogP contribution in [0.4, 0.5) is 0 Å². The lowest BCUT2D eigenvalue weighted by molar-refractivity contribution is -0.661. The maximum absolute atomic E-state index is 9.89. The molecule has 4 rings (SSSR count). The highest BCUT2D eigenvalue weighted by Crippen LogP contribution is 2.36. The van der Waals surface area contributed by atoms with Crippen LogP contribution in [0, 0.1) is 29.6 Å². The van der Waals surface area contributed by atoms with Crippen molar-refractivity contribution in [2.75, 3.05) is 0 Å². The number of benzene rings is 2. The number of hydrogen-bond donors (Lipinski definition) is 0. The van der Waals surface area contributed by atoms with Crippen LogP contribution in [0.2, 0.25) is 0 Å². The molecule has 2 aromatic carbocycles. The summed E-state index contributed by atoms with van der Waals surface area (Å²) in [5.41, 5.74) is 7.48. The van der Waals surface area contributed by atoms with Crippen molar-refractivity contribution in [3.8, 4) is 34.9 Å². The van der Waals surface area contributed by atoms with Crippen LogP contribution < -0.4 is 4.57 Å². The van der Waals surface area contributed by atoms with Crippen LogP contribution in [0.5, 0.6) is 0 Å². The van der Waals surface area contributed by atoms with E-state index in [0.717, 1.165) is 39.5 Å². The summed E-state index contributed by atoms with van der Waals surface area (Å²) in [6.07, 6.45) is 5.31. The summed E-state index contributed by atoms with van der Waals surface area (Å²) < 4.78 is 5.95. The Morgan fingerprint density at radius 1 is 0.912 bits per heavy atom. The summed E-state index contributed by atoms with van der Waals surface area (Å²) in [7, 11) is 1.90. The van der Waals surface area contributed by atoms with Crippen LogP contribution in [0.25, 0.3) is 22.8 Å². The second-order valence-corrected chi connectivity index (χ2v) is 9.17. The highest BCUT2D eigenvalue weighted by Gasteiger charge is 2.30. The first-order valence-electron chi connectivity index (χ1n) is 11.3. The van der Waals surface area contributed by atoms with E-state index < -0.39 is 0 Å². The van der Waals surface area contributed by atoms with E-state index in [1.54, 1.807) is 12.7 Å². The van der Waals surface area contributed by atoms with Crippen molar-refractivity contribution in [1.82, 2.24) is 19.3 Å². The average Bonchev–Trinajstić information content (AvgIpc) is 3.46. The van der Waals surface area contributed by atoms with Crippen LogP contribution in [0.1, 0.15) is 67.5 Å². The van der Waals surface area contributed by atoms with Crippen LogP contribution in [-0.2, 0) is 7.05 Å². The molecule has 4 aromatic rings. The Labute approximate surface area is 200 Å². The number of imidazole rings is 1. The second kappa shape index (κ2) is 8.96. The first-order valence-corrected chi connectivity index (χ1v) is 11.3. The third-order valence-electron chi connectivity index (χ3n) is 6.24. The van der Waals surface area contributed by atoms with Gasteiger partial charge in [0, 0.05) is 16.8 Å². The third-order valence-corrected chi connectivity index (χ3v) is 6.24. The summed E-state index contributed by atoms with van der Waals surface area (Å²) in [5.74, 6) is 1.31. The number of aryl methyl sites for hydroxylation is 1. The van der Waals surface area contributed by atoms with Crippen molar-refractivity contribution >= 4 is 0 Å². The monoisotopic (exact) mass is 450 g/mol. The van der Waals surface area contributed by atoms with Crippen LogP contribution in [-0.4, -0.2) is 19.3 Å². The van der Waals surface area contributed by atoms with Gasteiger partial charge >= 0.3 is 0 Å². The zero-order chi connectivity index (χ0) is 24.6. The molecule has 34 heavy (non-hydrogen) atoms. The fourth-order valence-corrected chi connectivity index (χ4v) is 4.37. The van der Waals surface area contributed by atoms with Crippen molar-refractivity contribution in [2.45, 2.75) is 46.5 Å². The van der Waals surface area contributed by atoms with Gasteiger partial charge in [-0.3, -0.25) is 4.57 Å². The number of nitrogens with zero attached hydrogens (tertiary/aromatic N) is 7. The van der Waals surface area contributed by atoms with Gasteiger partial charge in [-0.2, -0.15) is 15.1 Å². The first-order chi connectivity index (χ1) is 16.3. The second-order valence-electron chi connectivity index (χ2n) is 9.17. The number of nitriles is 2. The molecule has 0 aliphatic carbocycles. The van der Waals surface area contributed by atoms with Gasteiger partial charge in [-0.25, -0.2) is 4.57 Å². The molecule has 0 N–H and O–H groups in total. The van der Waals surface area contributed by atoms with Gasteiger partial charge in [0.2, 0.25) is 5.69 Å². The molecule has 0 radical (unpaired) electrons. The molecule has 0 amide bonds. The SMILES string of the molecule is Cc1ccc(C#N)cc1-c1n(-c2c(C(C)C)cc(-n3cnnc3)cc2C(C)C)cc(C#N)[n+]1C. The summed E-state index contributed by atoms with van der Waals surface area (Å²) >= 11 is 0. The normalized spacial score (nSPS) is 11.1. The lowest BCUT2D eigenvalue weighted by Crippen LogP contribution is -2.33. The van der Waals surface area contributed by atoms with Gasteiger partial charge < -0.3 is 0 Å². The predicted molar refractivity (Wildman–Crippen MR) is 130 cm³/mol. The van der Waals surface area contributed by atoms with E-state index in [-0.39, 0.29) is 11.8 Å². The molecule has 2 heterocycles. The van der Waals surface area contributed by atoms with Gasteiger partial charge in [-0.15, -0.1) is 10.2 Å². The third kappa shape index (κ3) is 3.86. The Bertz CT molecular complexity index is 1410. The molecule has 0 aliphatic rings. The van der Waals surface area contributed by atoms with Gasteiger partial charge in [-0.1, -0.05) is 33.8 Å². The van der Waals surface area contributed by atoms with E-state index in [2.05, 4.69) is 66.7 Å². The molecular formula is C27H28N7+. The molecule has 170 valence electrons. The Morgan fingerprint density at radius 2 is 1.53 bits per heavy atom. The van der Waals surface area contributed by atoms with Crippen LogP contribution in [0.15, 0.2) is 49.2 Å². The highest BCUT2D eigenvalue weighted by molar-refractivity contribution is 5.66. The maximum Gasteiger partial charge on any atom is 0.295 e. The summed E-state index contributed by atoms with van der Waals surface area (Å²) in [6, 6.07) is 14.6. The molecule has 0 aliphatic heterocycles. The Hall–Kier alpha value is -4.23. The number of rotatable bonds is 5. The molecule has 7 heteroatoms. The molecular weight excluding hydrogens is 422 g/mol. The molecule has 0 fully saturated rings. The standard InChI is InChI=1S/C27H28N7/c1-17(2)23-10-21(33-15-30-31-16-33)11-24(18(3)4)26(23)34-14-22(13-29)32(6)27(34)25-9-20(12-28)8-7-19(25)5/h7-11,14-18H,1-6H3/q+1. The van der Waals surface area contributed by atoms with E-state index >= 15 is 0 Å². The Balaban J connectivity index is 2.12. The Morgan fingerprint density at radius 3 is 2.06 bits per heavy atom. The average molecular weight is 451 g/mol. The largest absolute Gasteiger partial charge is 0.295 e. The lowest BCUT2D eigenvalue weighted by Gasteiger charge is -2.20. The molecule has 0 atom stereocenters. The minimum absolute atomic E-state index is 0.224. The topological polar surface area (TPSA) is 87.1 Å². The fraction of sp³-hybridized carbons (Fsp3) is 0.296. The molecule has 2 aromatic heterocycles. The van der Waals surface area contributed by atoms with Gasteiger partial charge in [0.25, 0.3) is 5.82 Å². The van der Waals surface area contributed by atoms with Gasteiger partial charge in [-0.05, 0) is 48.6 Å². The zero-order valence-electron chi connectivity index (χ0n) is 20.4. The van der Waals surface area contributed by atoms with Crippen LogP contribution >= 0.6 is 0 Å². The maximum atomic E-state index is 9.89. The molecule has 0 saturated heterocycles. The van der Waals surface area contributed by atoms with Crippen molar-refractivity contribution in [1.29, 1.82) is 10.5 Å². The fourth-order valence-electron chi connectivity index (χ4n) is 4.37. The number of hydrogen-bond acceptors (Lipinski definition) is 4. The Kier molecular flexibility index (Phi) is 6.04. The minimum Gasteiger partial charge on any atom is -0.288 e. The molecule has 0 spiro atoms. The van der Waals surface area contributed by atoms with Crippen LogP contribution in [0.3, 0.4) is 0 Å². The van der Waals surface area contributed by atoms with E-state index in [4.69, 9.17) is 0 Å². The minimum atomic E-state index is 0.224. The van der Waals surface area contributed by atoms with Gasteiger partial charge in [0.05, 0.1) is 24.2 Å². The smallest absolute Gasteiger partial charge is 0.288 e. The van der Waals surface area contributed by atoms with E-state index in [1.165, 1.54) is 0 Å². The number of aromatic nitrogens is 5. The van der Waals surface area contributed by atoms with E-state index in [9.17, 15) is 10.5 Å². The molecule has 0 saturated carbocycles. The molecule has 0 bridgehead atoms. The van der Waals surface area contributed by atoms with Gasteiger partial charge in [0.1, 0.15) is 24.4 Å². The van der Waals surface area contributed by atoms with Crippen molar-refractivity contribution < 1.29 is 4.57 Å². The van der Waals surface area contributed by atoms with Crippen molar-refractivity contribution in [3.63, 3.8) is 0 Å².